The van der Waals surface area contributed by atoms with Crippen LogP contribution in [0.5, 0.6) is 5.75 Å². The Morgan fingerprint density at radius 3 is 2.76 bits per heavy atom. The predicted molar refractivity (Wildman–Crippen MR) is 136 cm³/mol. The van der Waals surface area contributed by atoms with Crippen molar-refractivity contribution in [1.82, 2.24) is 4.98 Å². The Balaban J connectivity index is 1.65. The Labute approximate surface area is 204 Å². The number of nitrogens with zero attached hydrogens (tertiary/aromatic N) is 2. The number of ether oxygens (including phenoxy) is 1. The zero-order valence-corrected chi connectivity index (χ0v) is 20.3. The Morgan fingerprint density at radius 1 is 1.15 bits per heavy atom. The second-order valence-corrected chi connectivity index (χ2v) is 10.0. The van der Waals surface area contributed by atoms with Crippen molar-refractivity contribution in [2.75, 3.05) is 11.5 Å². The number of Topliss-reactive ketones (excluding diaryl/α,β-unsaturated/α-hetero) is 1. The molecule has 1 aliphatic rings. The molecule has 1 unspecified atom stereocenters. The van der Waals surface area contributed by atoms with Crippen LogP contribution in [-0.2, 0) is 9.59 Å². The normalized spacial score (nSPS) is 17.6. The first-order chi connectivity index (χ1) is 16.5. The fourth-order valence-corrected chi connectivity index (χ4v) is 5.89. The highest BCUT2D eigenvalue weighted by molar-refractivity contribution is 7.22. The molecule has 34 heavy (non-hydrogen) atoms. The number of anilines is 1. The third kappa shape index (κ3) is 3.89. The lowest BCUT2D eigenvalue weighted by Crippen LogP contribution is -2.28. The number of amides is 1. The van der Waals surface area contributed by atoms with Crippen LogP contribution >= 0.6 is 22.7 Å². The molecule has 3 heterocycles. The molecule has 2 aromatic carbocycles. The molecule has 1 atom stereocenters. The van der Waals surface area contributed by atoms with Crippen molar-refractivity contribution in [1.29, 1.82) is 0 Å². The third-order valence-corrected chi connectivity index (χ3v) is 7.52. The number of aryl methyl sites for hydroxylation is 1. The number of ketones is 1. The number of aromatic nitrogens is 1. The first-order valence-corrected chi connectivity index (χ1v) is 12.6. The van der Waals surface area contributed by atoms with Crippen LogP contribution in [0.2, 0.25) is 0 Å². The van der Waals surface area contributed by atoms with Gasteiger partial charge in [-0.3, -0.25) is 14.5 Å². The van der Waals surface area contributed by atoms with Gasteiger partial charge < -0.3 is 9.84 Å². The first kappa shape index (κ1) is 22.3. The number of hydrogen-bond donors (Lipinski definition) is 1. The van der Waals surface area contributed by atoms with Gasteiger partial charge in [-0.15, -0.1) is 11.3 Å². The van der Waals surface area contributed by atoms with Gasteiger partial charge in [0.25, 0.3) is 5.78 Å². The van der Waals surface area contributed by atoms with Crippen LogP contribution < -0.4 is 9.64 Å². The maximum absolute atomic E-state index is 13.3. The summed E-state index contributed by atoms with van der Waals surface area (Å²) in [5, 5.41) is 13.6. The highest BCUT2D eigenvalue weighted by Gasteiger charge is 2.48. The van der Waals surface area contributed by atoms with Crippen molar-refractivity contribution < 1.29 is 19.4 Å². The highest BCUT2D eigenvalue weighted by atomic mass is 32.1. The number of thiazole rings is 1. The summed E-state index contributed by atoms with van der Waals surface area (Å²) in [7, 11) is 0. The first-order valence-electron chi connectivity index (χ1n) is 10.9. The van der Waals surface area contributed by atoms with E-state index in [1.807, 2.05) is 49.6 Å². The highest BCUT2D eigenvalue weighted by Crippen LogP contribution is 2.45. The number of rotatable bonds is 6. The molecule has 0 aliphatic carbocycles. The smallest absolute Gasteiger partial charge is 0.301 e. The average molecular weight is 491 g/mol. The fourth-order valence-electron chi connectivity index (χ4n) is 3.98. The summed E-state index contributed by atoms with van der Waals surface area (Å²) in [5.41, 5.74) is 2.33. The van der Waals surface area contributed by atoms with Crippen molar-refractivity contribution in [3.05, 3.63) is 81.6 Å². The molecule has 1 amide bonds. The van der Waals surface area contributed by atoms with Crippen LogP contribution in [0.3, 0.4) is 0 Å². The lowest BCUT2D eigenvalue weighted by atomic mass is 10.00. The SMILES string of the molecule is CCCOc1cccc(C(O)=C2C(=O)C(=O)N(c3nc4ccc(C)cc4s3)C2c2cccs2)c1. The Hall–Kier alpha value is -3.49. The van der Waals surface area contributed by atoms with Gasteiger partial charge in [0.15, 0.2) is 5.13 Å². The molecule has 0 radical (unpaired) electrons. The van der Waals surface area contributed by atoms with E-state index in [9.17, 15) is 14.7 Å². The van der Waals surface area contributed by atoms with E-state index < -0.39 is 17.7 Å². The lowest BCUT2D eigenvalue weighted by molar-refractivity contribution is -0.132. The van der Waals surface area contributed by atoms with E-state index in [1.54, 1.807) is 24.3 Å². The number of benzene rings is 2. The van der Waals surface area contributed by atoms with Gasteiger partial charge in [-0.05, 0) is 54.6 Å². The quantitative estimate of drug-likeness (QED) is 0.201. The fraction of sp³-hybridized carbons (Fsp3) is 0.192. The lowest BCUT2D eigenvalue weighted by Gasteiger charge is -2.21. The zero-order valence-electron chi connectivity index (χ0n) is 18.6. The van der Waals surface area contributed by atoms with Crippen molar-refractivity contribution in [3.63, 3.8) is 0 Å². The molecule has 1 fully saturated rings. The molecule has 0 bridgehead atoms. The number of aliphatic hydroxyl groups excluding tert-OH is 1. The van der Waals surface area contributed by atoms with Gasteiger partial charge in [-0.2, -0.15) is 0 Å². The molecule has 0 saturated carbocycles. The van der Waals surface area contributed by atoms with E-state index in [0.717, 1.165) is 27.1 Å². The van der Waals surface area contributed by atoms with E-state index in [-0.39, 0.29) is 11.3 Å². The zero-order chi connectivity index (χ0) is 23.8. The van der Waals surface area contributed by atoms with Crippen molar-refractivity contribution in [2.45, 2.75) is 26.3 Å². The molecular formula is C26H22N2O4S2. The Morgan fingerprint density at radius 2 is 2.00 bits per heavy atom. The van der Waals surface area contributed by atoms with Crippen LogP contribution in [0.4, 0.5) is 5.13 Å². The van der Waals surface area contributed by atoms with Gasteiger partial charge in [-0.25, -0.2) is 4.98 Å². The van der Waals surface area contributed by atoms with E-state index in [1.165, 1.54) is 27.6 Å². The molecular weight excluding hydrogens is 468 g/mol. The van der Waals surface area contributed by atoms with Crippen LogP contribution in [0.15, 0.2) is 65.6 Å². The summed E-state index contributed by atoms with van der Waals surface area (Å²) in [6, 6.07) is 15.8. The second-order valence-electron chi connectivity index (χ2n) is 8.03. The number of carbonyl (C=O) groups is 2. The number of hydrogen-bond acceptors (Lipinski definition) is 7. The van der Waals surface area contributed by atoms with Crippen LogP contribution in [-0.4, -0.2) is 28.4 Å². The minimum atomic E-state index is -0.762. The largest absolute Gasteiger partial charge is 0.507 e. The van der Waals surface area contributed by atoms with Crippen molar-refractivity contribution in [3.8, 4) is 5.75 Å². The van der Waals surface area contributed by atoms with Gasteiger partial charge in [-0.1, -0.05) is 42.5 Å². The molecule has 2 aromatic heterocycles. The number of fused-ring (bicyclic) bond motifs is 1. The van der Waals surface area contributed by atoms with Crippen LogP contribution in [0, 0.1) is 6.92 Å². The van der Waals surface area contributed by atoms with E-state index >= 15 is 0 Å². The standard InChI is InChI=1S/C26H22N2O4S2/c1-3-11-32-17-7-4-6-16(14-17)23(29)21-22(19-8-5-12-33-19)28(25(31)24(21)30)26-27-18-10-9-15(2)13-20(18)34-26/h4-10,12-14,22,29H,3,11H2,1-2H3. The molecule has 0 spiro atoms. The van der Waals surface area contributed by atoms with Crippen molar-refractivity contribution >= 4 is 55.5 Å². The molecule has 6 nitrogen and oxygen atoms in total. The number of aliphatic hydroxyl groups is 1. The Kier molecular flexibility index (Phi) is 5.93. The Bertz CT molecular complexity index is 1420. The van der Waals surface area contributed by atoms with E-state index in [2.05, 4.69) is 4.98 Å². The summed E-state index contributed by atoms with van der Waals surface area (Å²) in [6.07, 6.45) is 0.849. The molecule has 1 N–H and O–H groups in total. The monoisotopic (exact) mass is 490 g/mol. The second kappa shape index (κ2) is 9.04. The minimum Gasteiger partial charge on any atom is -0.507 e. The van der Waals surface area contributed by atoms with E-state index in [0.29, 0.717) is 23.1 Å². The van der Waals surface area contributed by atoms with Gasteiger partial charge >= 0.3 is 5.91 Å². The number of thiophene rings is 1. The predicted octanol–water partition coefficient (Wildman–Crippen LogP) is 6.08. The summed E-state index contributed by atoms with van der Waals surface area (Å²) in [6.45, 7) is 4.55. The van der Waals surface area contributed by atoms with Crippen molar-refractivity contribution in [2.24, 2.45) is 0 Å². The summed E-state index contributed by atoms with van der Waals surface area (Å²) < 4.78 is 6.62. The molecule has 1 saturated heterocycles. The minimum absolute atomic E-state index is 0.0514. The molecule has 172 valence electrons. The topological polar surface area (TPSA) is 79.7 Å². The molecule has 4 aromatic rings. The van der Waals surface area contributed by atoms with Crippen LogP contribution in [0.1, 0.15) is 35.4 Å². The summed E-state index contributed by atoms with van der Waals surface area (Å²) in [4.78, 5) is 33.4. The van der Waals surface area contributed by atoms with Gasteiger partial charge in [0.05, 0.1) is 22.4 Å². The number of carbonyl (C=O) groups excluding carboxylic acids is 2. The molecule has 8 heteroatoms. The average Bonchev–Trinajstić information content (AvgIpc) is 3.56. The van der Waals surface area contributed by atoms with E-state index in [4.69, 9.17) is 4.74 Å². The third-order valence-electron chi connectivity index (χ3n) is 5.58. The van der Waals surface area contributed by atoms with Crippen LogP contribution in [0.25, 0.3) is 16.0 Å². The van der Waals surface area contributed by atoms with Gasteiger partial charge in [0.1, 0.15) is 17.6 Å². The van der Waals surface area contributed by atoms with Gasteiger partial charge in [0, 0.05) is 10.4 Å². The summed E-state index contributed by atoms with van der Waals surface area (Å²) >= 11 is 2.78. The van der Waals surface area contributed by atoms with Gasteiger partial charge in [0.2, 0.25) is 0 Å². The summed E-state index contributed by atoms with van der Waals surface area (Å²) in [5.74, 6) is -1.06. The molecule has 1 aliphatic heterocycles. The molecule has 5 rings (SSSR count). The maximum Gasteiger partial charge on any atom is 0.301 e. The maximum atomic E-state index is 13.3.